The van der Waals surface area contributed by atoms with Crippen LogP contribution in [-0.2, 0) is 30.2 Å². The first-order chi connectivity index (χ1) is 17.7. The molecule has 0 aliphatic carbocycles. The largest absolute Gasteiger partial charge is 1.00 e. The summed E-state index contributed by atoms with van der Waals surface area (Å²) in [5, 5.41) is 9.83. The first kappa shape index (κ1) is 28.5. The van der Waals surface area contributed by atoms with Gasteiger partial charge < -0.3 is 42.9 Å². The average molecular weight is 638 g/mol. The lowest BCUT2D eigenvalue weighted by atomic mass is 9.95. The Balaban J connectivity index is 0.00000336. The van der Waals surface area contributed by atoms with Gasteiger partial charge in [-0.1, -0.05) is 30.3 Å². The lowest BCUT2D eigenvalue weighted by Crippen LogP contribution is -3.00. The molecular weight excluding hydrogens is 601 g/mol. The molecule has 2 fully saturated rings. The molecule has 38 heavy (non-hydrogen) atoms. The summed E-state index contributed by atoms with van der Waals surface area (Å²) in [5.74, 6) is -1.00. The Morgan fingerprint density at radius 2 is 1.79 bits per heavy atom. The number of quaternary nitrogens is 1. The van der Waals surface area contributed by atoms with Gasteiger partial charge in [0.1, 0.15) is 12.0 Å². The van der Waals surface area contributed by atoms with E-state index in [1.54, 1.807) is 13.4 Å². The number of carbonyl (C=O) groups is 1. The number of rotatable bonds is 8. The molecule has 2 aliphatic rings. The number of esters is 1. The topological polar surface area (TPSA) is 108 Å². The summed E-state index contributed by atoms with van der Waals surface area (Å²) in [4.78, 5) is 42.2. The lowest BCUT2D eigenvalue weighted by Gasteiger charge is -2.47. The summed E-state index contributed by atoms with van der Waals surface area (Å²) in [6, 6.07) is 10.1. The van der Waals surface area contributed by atoms with Crippen molar-refractivity contribution in [1.82, 2.24) is 18.7 Å². The zero-order chi connectivity index (χ0) is 26.3. The average Bonchev–Trinajstić information content (AvgIpc) is 3.35. The molecule has 0 spiro atoms. The van der Waals surface area contributed by atoms with Crippen LogP contribution in [0.15, 0.2) is 46.2 Å². The summed E-state index contributed by atoms with van der Waals surface area (Å²) in [7, 11) is 5.42. The van der Waals surface area contributed by atoms with Gasteiger partial charge in [-0.05, 0) is 5.56 Å². The summed E-state index contributed by atoms with van der Waals surface area (Å²) in [5.41, 5.74) is 0.937. The molecule has 5 rings (SSSR count). The first-order valence-electron chi connectivity index (χ1n) is 13.1. The van der Waals surface area contributed by atoms with E-state index in [9.17, 15) is 19.5 Å². The molecule has 2 bridgehead atoms. The second-order valence-corrected chi connectivity index (χ2v) is 10.8. The summed E-state index contributed by atoms with van der Waals surface area (Å²) >= 11 is 0. The Labute approximate surface area is 238 Å². The number of carbonyl (C=O) groups excluding carboxylic acids is 1. The maximum absolute atomic E-state index is 12.9. The smallest absolute Gasteiger partial charge is 0.332 e. The molecule has 4 heterocycles. The highest BCUT2D eigenvalue weighted by Gasteiger charge is 2.52. The normalized spacial score (nSPS) is 25.2. The predicted molar refractivity (Wildman–Crippen MR) is 138 cm³/mol. The molecule has 0 amide bonds. The van der Waals surface area contributed by atoms with Gasteiger partial charge in [0.2, 0.25) is 0 Å². The molecule has 1 N–H and O–H groups in total. The highest BCUT2D eigenvalue weighted by atomic mass is 127. The molecule has 3 atom stereocenters. The summed E-state index contributed by atoms with van der Waals surface area (Å²) in [6.45, 7) is 1.33. The van der Waals surface area contributed by atoms with Crippen LogP contribution < -0.4 is 35.2 Å². The van der Waals surface area contributed by atoms with Crippen LogP contribution in [-0.4, -0.2) is 72.6 Å². The Kier molecular flexibility index (Phi) is 8.48. The fraction of sp³-hybridized carbons (Fsp3) is 0.556. The van der Waals surface area contributed by atoms with Crippen molar-refractivity contribution in [2.75, 3.05) is 20.2 Å². The quantitative estimate of drug-likeness (QED) is 0.179. The second kappa shape index (κ2) is 11.3. The second-order valence-electron chi connectivity index (χ2n) is 10.8. The number of aryl methyl sites for hydroxylation is 2. The van der Waals surface area contributed by atoms with Gasteiger partial charge in [-0.25, -0.2) is 9.78 Å². The van der Waals surface area contributed by atoms with Gasteiger partial charge in [-0.2, -0.15) is 0 Å². The molecule has 2 saturated heterocycles. The van der Waals surface area contributed by atoms with E-state index < -0.39 is 5.92 Å². The number of fused-ring (bicyclic) bond motifs is 3. The monoisotopic (exact) mass is 637 g/mol. The molecule has 0 radical (unpaired) electrons. The van der Waals surface area contributed by atoms with Crippen LogP contribution in [0, 0.1) is 0 Å². The number of halogens is 1. The predicted octanol–water partition coefficient (Wildman–Crippen LogP) is -1.71. The van der Waals surface area contributed by atoms with Gasteiger partial charge in [0.25, 0.3) is 5.56 Å². The number of nitrogens with zero attached hydrogens (tertiary/aromatic N) is 5. The van der Waals surface area contributed by atoms with Crippen molar-refractivity contribution < 1.29 is 43.1 Å². The Morgan fingerprint density at radius 3 is 2.42 bits per heavy atom. The fourth-order valence-electron chi connectivity index (χ4n) is 6.55. The van der Waals surface area contributed by atoms with E-state index in [1.165, 1.54) is 11.6 Å². The molecule has 2 aliphatic heterocycles. The van der Waals surface area contributed by atoms with Crippen LogP contribution in [0.25, 0.3) is 11.2 Å². The zero-order valence-corrected chi connectivity index (χ0v) is 24.3. The van der Waals surface area contributed by atoms with Crippen LogP contribution in [0.2, 0.25) is 0 Å². The van der Waals surface area contributed by atoms with E-state index in [0.29, 0.717) is 29.8 Å². The van der Waals surface area contributed by atoms with E-state index in [-0.39, 0.29) is 53.9 Å². The van der Waals surface area contributed by atoms with Crippen LogP contribution in [0.1, 0.15) is 43.6 Å². The van der Waals surface area contributed by atoms with E-state index in [1.807, 2.05) is 34.9 Å². The Bertz CT molecular complexity index is 1400. The highest BCUT2D eigenvalue weighted by molar-refractivity contribution is 5.78. The zero-order valence-electron chi connectivity index (χ0n) is 22.1. The lowest BCUT2D eigenvalue weighted by molar-refractivity contribution is -0.949. The maximum Gasteiger partial charge on any atom is 0.332 e. The van der Waals surface area contributed by atoms with Gasteiger partial charge in [-0.15, -0.1) is 0 Å². The van der Waals surface area contributed by atoms with Gasteiger partial charge in [0.15, 0.2) is 11.2 Å². The molecule has 1 aromatic carbocycles. The number of benzene rings is 1. The van der Waals surface area contributed by atoms with E-state index in [4.69, 9.17) is 4.74 Å². The summed E-state index contributed by atoms with van der Waals surface area (Å²) < 4.78 is 11.3. The van der Waals surface area contributed by atoms with Gasteiger partial charge in [0, 0.05) is 52.7 Å². The number of hydrogen-bond donors (Lipinski definition) is 1. The molecule has 3 aromatic rings. The molecule has 0 saturated carbocycles. The third kappa shape index (κ3) is 4.95. The number of aliphatic hydroxyl groups is 1. The Hall–Kier alpha value is -2.51. The number of hydrogen-bond acceptors (Lipinski definition) is 6. The molecule has 206 valence electrons. The van der Waals surface area contributed by atoms with Crippen LogP contribution in [0.4, 0.5) is 0 Å². The minimum atomic E-state index is -0.654. The van der Waals surface area contributed by atoms with Crippen molar-refractivity contribution in [2.24, 2.45) is 14.1 Å². The maximum atomic E-state index is 12.9. The third-order valence-corrected chi connectivity index (χ3v) is 8.78. The first-order valence-corrected chi connectivity index (χ1v) is 13.1. The molecule has 3 unspecified atom stereocenters. The highest BCUT2D eigenvalue weighted by Crippen LogP contribution is 2.42. The van der Waals surface area contributed by atoms with Gasteiger partial charge in [-0.3, -0.25) is 18.7 Å². The number of ether oxygens (including phenoxy) is 1. The summed E-state index contributed by atoms with van der Waals surface area (Å²) in [6.07, 6.45) is 6.24. The molecule has 10 nitrogen and oxygen atoms in total. The molecular formula is C27H36IN5O5. The molecule has 11 heteroatoms. The number of piperidine rings is 1. The van der Waals surface area contributed by atoms with Crippen molar-refractivity contribution in [1.29, 1.82) is 0 Å². The van der Waals surface area contributed by atoms with Crippen molar-refractivity contribution in [3.05, 3.63) is 63.1 Å². The number of aromatic nitrogens is 4. The number of aliphatic hydroxyl groups excluding tert-OH is 1. The standard InChI is InChI=1S/C27H36N5O5.HI/c1-29-24-23(25(34)30(2)27(29)36)31(17-28-24)12-7-13-32(3)19-10-11-20(32)15-21(14-19)37-26(35)22(16-33)18-8-5-4-6-9-18;/h4-6,8-9,17,19-22,33H,7,10-16H2,1-3H3;1H/q+1;/p-1. The number of imidazole rings is 1. The van der Waals surface area contributed by atoms with Crippen LogP contribution in [0.3, 0.4) is 0 Å². The van der Waals surface area contributed by atoms with E-state index in [0.717, 1.165) is 53.3 Å². The SMILES string of the molecule is Cn1c(=O)c2c(ncn2CCC[N+]2(C)C3CCC2CC(OC(=O)C(CO)c2ccccc2)C3)n(C)c1=O.[I-]. The van der Waals surface area contributed by atoms with Gasteiger partial charge in [0.05, 0.1) is 38.6 Å². The van der Waals surface area contributed by atoms with Gasteiger partial charge >= 0.3 is 11.7 Å². The van der Waals surface area contributed by atoms with Crippen LogP contribution in [0.5, 0.6) is 0 Å². The van der Waals surface area contributed by atoms with E-state index in [2.05, 4.69) is 12.0 Å². The minimum Gasteiger partial charge on any atom is -1.00 e. The van der Waals surface area contributed by atoms with Crippen molar-refractivity contribution in [2.45, 2.75) is 62.8 Å². The van der Waals surface area contributed by atoms with Crippen molar-refractivity contribution >= 4 is 17.1 Å². The van der Waals surface area contributed by atoms with Crippen molar-refractivity contribution in [3.8, 4) is 0 Å². The minimum absolute atomic E-state index is 0. The van der Waals surface area contributed by atoms with Crippen molar-refractivity contribution in [3.63, 3.8) is 0 Å². The van der Waals surface area contributed by atoms with E-state index >= 15 is 0 Å². The fourth-order valence-corrected chi connectivity index (χ4v) is 6.55. The molecule has 2 aromatic heterocycles. The van der Waals surface area contributed by atoms with Crippen LogP contribution >= 0.6 is 0 Å². The Morgan fingerprint density at radius 1 is 1.13 bits per heavy atom. The third-order valence-electron chi connectivity index (χ3n) is 8.78.